The van der Waals surface area contributed by atoms with Crippen LogP contribution in [0, 0.1) is 11.3 Å². The summed E-state index contributed by atoms with van der Waals surface area (Å²) in [4.78, 5) is 14.3. The summed E-state index contributed by atoms with van der Waals surface area (Å²) in [6.45, 7) is 2.79. The first-order valence-electron chi connectivity index (χ1n) is 13.0. The highest BCUT2D eigenvalue weighted by Crippen LogP contribution is 2.34. The third-order valence-corrected chi connectivity index (χ3v) is 7.14. The van der Waals surface area contributed by atoms with Gasteiger partial charge in [0.15, 0.2) is 0 Å². The molecule has 10 heteroatoms. The molecule has 0 spiro atoms. The topological polar surface area (TPSA) is 92.3 Å². The lowest BCUT2D eigenvalue weighted by atomic mass is 10.1. The number of benzene rings is 2. The highest BCUT2D eigenvalue weighted by Gasteiger charge is 2.24. The molecular formula is C29H35N7O2S. The summed E-state index contributed by atoms with van der Waals surface area (Å²) in [7, 11) is 5.22. The molecule has 1 aliphatic rings. The number of hydrogen-bond donors (Lipinski definition) is 0. The third kappa shape index (κ3) is 6.44. The number of rotatable bonds is 10. The van der Waals surface area contributed by atoms with Crippen LogP contribution in [0.25, 0.3) is 22.3 Å². The van der Waals surface area contributed by atoms with Gasteiger partial charge in [-0.25, -0.2) is 4.98 Å². The Balaban J connectivity index is 0.00000353. The molecule has 1 saturated heterocycles. The van der Waals surface area contributed by atoms with Crippen LogP contribution in [0.4, 0.5) is 11.4 Å². The molecule has 1 aliphatic heterocycles. The van der Waals surface area contributed by atoms with Gasteiger partial charge >= 0.3 is 0 Å². The van der Waals surface area contributed by atoms with Crippen LogP contribution in [0.5, 0.6) is 11.5 Å². The van der Waals surface area contributed by atoms with Crippen LogP contribution < -0.4 is 14.4 Å². The molecule has 4 aromatic rings. The van der Waals surface area contributed by atoms with Gasteiger partial charge in [0.25, 0.3) is 0 Å². The third-order valence-electron chi connectivity index (χ3n) is 7.14. The zero-order chi connectivity index (χ0) is 26.5. The maximum atomic E-state index is 9.21. The quantitative estimate of drug-likeness (QED) is 0.273. The maximum Gasteiger partial charge on any atom is 0.124 e. The van der Waals surface area contributed by atoms with E-state index in [0.29, 0.717) is 12.5 Å². The van der Waals surface area contributed by atoms with Gasteiger partial charge in [-0.15, -0.1) is 0 Å². The van der Waals surface area contributed by atoms with Gasteiger partial charge in [-0.1, -0.05) is 0 Å². The highest BCUT2D eigenvalue weighted by atomic mass is 32.1. The number of likely N-dealkylation sites (tertiary alicyclic amines) is 1. The summed E-state index contributed by atoms with van der Waals surface area (Å²) in [5.74, 6) is 1.47. The van der Waals surface area contributed by atoms with E-state index < -0.39 is 0 Å². The number of aryl methyl sites for hydroxylation is 1. The van der Waals surface area contributed by atoms with E-state index in [1.807, 2.05) is 37.5 Å². The van der Waals surface area contributed by atoms with Crippen molar-refractivity contribution in [1.29, 1.82) is 5.26 Å². The van der Waals surface area contributed by atoms with Gasteiger partial charge in [0.2, 0.25) is 0 Å². The monoisotopic (exact) mass is 545 g/mol. The fourth-order valence-electron chi connectivity index (χ4n) is 5.17. The minimum Gasteiger partial charge on any atom is -0.497 e. The number of nitrogens with zero attached hydrogens (tertiary/aromatic N) is 7. The molecule has 0 radical (unpaired) electrons. The molecule has 0 aliphatic carbocycles. The van der Waals surface area contributed by atoms with Crippen LogP contribution in [0.3, 0.4) is 0 Å². The Labute approximate surface area is 236 Å². The molecule has 0 N–H and O–H groups in total. The van der Waals surface area contributed by atoms with Crippen LogP contribution >= 0.6 is 13.5 Å². The lowest BCUT2D eigenvalue weighted by Gasteiger charge is -2.28. The van der Waals surface area contributed by atoms with Crippen molar-refractivity contribution in [2.75, 3.05) is 38.8 Å². The zero-order valence-electron chi connectivity index (χ0n) is 22.7. The maximum absolute atomic E-state index is 9.21. The van der Waals surface area contributed by atoms with Crippen molar-refractivity contribution in [3.05, 3.63) is 55.0 Å². The van der Waals surface area contributed by atoms with E-state index in [0.717, 1.165) is 84.1 Å². The van der Waals surface area contributed by atoms with Gasteiger partial charge in [-0.2, -0.15) is 23.9 Å². The average Bonchev–Trinajstić information content (AvgIpc) is 3.59. The van der Waals surface area contributed by atoms with Crippen LogP contribution in [0.15, 0.2) is 55.0 Å². The van der Waals surface area contributed by atoms with Crippen LogP contribution in [-0.4, -0.2) is 64.5 Å². The average molecular weight is 546 g/mol. The first kappa shape index (κ1) is 28.2. The first-order chi connectivity index (χ1) is 18.6. The van der Waals surface area contributed by atoms with E-state index in [1.165, 1.54) is 0 Å². The molecule has 204 valence electrons. The molecule has 0 bridgehead atoms. The number of hydrogen-bond acceptors (Lipinski definition) is 8. The minimum atomic E-state index is 0. The summed E-state index contributed by atoms with van der Waals surface area (Å²) in [5.41, 5.74) is 5.36. The molecule has 9 nitrogen and oxygen atoms in total. The highest BCUT2D eigenvalue weighted by molar-refractivity contribution is 7.59. The second kappa shape index (κ2) is 12.8. The molecule has 2 aromatic carbocycles. The minimum absolute atomic E-state index is 0. The summed E-state index contributed by atoms with van der Waals surface area (Å²) in [5, 5.41) is 13.5. The predicted octanol–water partition coefficient (Wildman–Crippen LogP) is 5.07. The number of methoxy groups -OCH3 is 2. The Bertz CT molecular complexity index is 1430. The number of nitriles is 1. The molecule has 0 saturated carbocycles. The van der Waals surface area contributed by atoms with E-state index in [-0.39, 0.29) is 13.5 Å². The lowest BCUT2D eigenvalue weighted by Crippen LogP contribution is -2.32. The van der Waals surface area contributed by atoms with Gasteiger partial charge < -0.3 is 14.4 Å². The Kier molecular flexibility index (Phi) is 9.28. The number of fused-ring (bicyclic) bond motifs is 1. The van der Waals surface area contributed by atoms with Gasteiger partial charge in [0, 0.05) is 67.5 Å². The molecule has 5 rings (SSSR count). The Morgan fingerprint density at radius 3 is 2.54 bits per heavy atom. The molecule has 0 amide bonds. The van der Waals surface area contributed by atoms with Crippen molar-refractivity contribution in [2.24, 2.45) is 7.05 Å². The van der Waals surface area contributed by atoms with Gasteiger partial charge in [-0.05, 0) is 44.0 Å². The van der Waals surface area contributed by atoms with Gasteiger partial charge in [-0.3, -0.25) is 14.6 Å². The van der Waals surface area contributed by atoms with E-state index in [9.17, 15) is 5.26 Å². The van der Waals surface area contributed by atoms with Gasteiger partial charge in [0.05, 0.1) is 55.8 Å². The second-order valence-corrected chi connectivity index (χ2v) is 9.60. The molecule has 2 aromatic heterocycles. The van der Waals surface area contributed by atoms with Crippen molar-refractivity contribution >= 4 is 35.9 Å². The molecule has 0 unspecified atom stereocenters. The van der Waals surface area contributed by atoms with Crippen molar-refractivity contribution < 1.29 is 9.47 Å². The fourth-order valence-corrected chi connectivity index (χ4v) is 5.17. The van der Waals surface area contributed by atoms with E-state index in [4.69, 9.17) is 14.5 Å². The van der Waals surface area contributed by atoms with Crippen LogP contribution in [-0.2, 0) is 7.05 Å². The smallest absolute Gasteiger partial charge is 0.124 e. The Hall–Kier alpha value is -3.81. The molecule has 39 heavy (non-hydrogen) atoms. The molecule has 3 heterocycles. The van der Waals surface area contributed by atoms with Crippen LogP contribution in [0.1, 0.15) is 25.7 Å². The summed E-state index contributed by atoms with van der Waals surface area (Å²) in [6.07, 6.45) is 9.33. The molecule has 1 atom stereocenters. The van der Waals surface area contributed by atoms with Crippen LogP contribution in [0.2, 0.25) is 0 Å². The van der Waals surface area contributed by atoms with Crippen molar-refractivity contribution in [3.8, 4) is 28.8 Å². The first-order valence-corrected chi connectivity index (χ1v) is 13.0. The van der Waals surface area contributed by atoms with Gasteiger partial charge in [0.1, 0.15) is 11.5 Å². The predicted molar refractivity (Wildman–Crippen MR) is 158 cm³/mol. The zero-order valence-corrected chi connectivity index (χ0v) is 23.7. The standard InChI is InChI=1S/C29H33N7O2.H2S/c1-34-20-21(18-32-34)29-19-31-27-8-7-23(16-28(27)33-29)36(24-14-25(37-2)17-26(15-24)38-3)13-5-12-35-11-4-6-22(35)9-10-30;/h7-8,14-20,22H,4-6,9,11-13H2,1-3H3;1H2/t22-;/m0./s1. The molecular weight excluding hydrogens is 510 g/mol. The number of ether oxygens (including phenoxy) is 2. The summed E-state index contributed by atoms with van der Waals surface area (Å²) < 4.78 is 12.9. The second-order valence-electron chi connectivity index (χ2n) is 9.60. The van der Waals surface area contributed by atoms with Crippen molar-refractivity contribution in [1.82, 2.24) is 24.6 Å². The summed E-state index contributed by atoms with van der Waals surface area (Å²) >= 11 is 0. The Morgan fingerprint density at radius 2 is 1.85 bits per heavy atom. The van der Waals surface area contributed by atoms with Crippen molar-refractivity contribution in [2.45, 2.75) is 31.7 Å². The van der Waals surface area contributed by atoms with E-state index in [2.05, 4.69) is 38.1 Å². The van der Waals surface area contributed by atoms with E-state index >= 15 is 0 Å². The Morgan fingerprint density at radius 1 is 1.05 bits per heavy atom. The van der Waals surface area contributed by atoms with Crippen molar-refractivity contribution in [3.63, 3.8) is 0 Å². The fraction of sp³-hybridized carbons (Fsp3) is 0.379. The number of anilines is 2. The summed E-state index contributed by atoms with van der Waals surface area (Å²) in [6, 6.07) is 14.8. The molecule has 1 fully saturated rings. The van der Waals surface area contributed by atoms with E-state index in [1.54, 1.807) is 31.3 Å². The lowest BCUT2D eigenvalue weighted by molar-refractivity contribution is 0.255. The largest absolute Gasteiger partial charge is 0.497 e. The SMILES string of the molecule is COc1cc(OC)cc(N(CCCN2CCC[C@H]2CC#N)c2ccc3ncc(-c4cnn(C)c4)nc3c2)c1.S. The normalized spacial score (nSPS) is 15.1. The number of aromatic nitrogens is 4.